The van der Waals surface area contributed by atoms with Crippen LogP contribution in [0.4, 0.5) is 0 Å². The number of carbonyl (C=O) groups excluding carboxylic acids is 1. The van der Waals surface area contributed by atoms with E-state index in [-0.39, 0.29) is 10.5 Å². The van der Waals surface area contributed by atoms with Gasteiger partial charge >= 0.3 is 5.97 Å². The summed E-state index contributed by atoms with van der Waals surface area (Å²) in [5.41, 5.74) is 0.691. The van der Waals surface area contributed by atoms with Crippen molar-refractivity contribution in [3.05, 3.63) is 48.6 Å². The lowest BCUT2D eigenvalue weighted by molar-refractivity contribution is -0.159. The first-order valence-electron chi connectivity index (χ1n) is 5.83. The lowest BCUT2D eigenvalue weighted by Crippen LogP contribution is -2.13. The smallest absolute Gasteiger partial charge is 0.335 e. The Morgan fingerprint density at radius 1 is 1.38 bits per heavy atom. The Hall–Kier alpha value is -1.96. The third kappa shape index (κ3) is 7.40. The molecule has 0 bridgehead atoms. The normalized spacial score (nSPS) is 11.6. The summed E-state index contributed by atoms with van der Waals surface area (Å²) in [6.07, 6.45) is 0.331. The van der Waals surface area contributed by atoms with Crippen LogP contribution in [-0.4, -0.2) is 30.3 Å². The molecule has 0 radical (unpaired) electrons. The first-order valence-corrected chi connectivity index (χ1v) is 7.27. The fraction of sp³-hybridized carbons (Fsp3) is 0.214. The molecule has 1 aromatic carbocycles. The maximum absolute atomic E-state index is 10.7. The maximum atomic E-state index is 10.7. The zero-order valence-electron chi connectivity index (χ0n) is 11.8. The van der Waals surface area contributed by atoms with E-state index in [0.717, 1.165) is 0 Å². The summed E-state index contributed by atoms with van der Waals surface area (Å²) in [5.74, 6) is -0.565. The number of carbonyl (C=O) groups is 1. The standard InChI is InChI=1S/C8H8O3S.C6H10O3/c1-2-7-5-3-4-6-8(7)12(9,10)11;1-4(2)6(8)9-5(3)7/h2-6H,1H2,(H,9,10,11);5,7H,1H2,2-3H3. The number of hydrogen-bond donors (Lipinski definition) is 2. The first-order chi connectivity index (χ1) is 9.59. The van der Waals surface area contributed by atoms with Gasteiger partial charge in [0.15, 0.2) is 6.29 Å². The summed E-state index contributed by atoms with van der Waals surface area (Å²) in [4.78, 5) is 10.4. The predicted molar refractivity (Wildman–Crippen MR) is 78.9 cm³/mol. The van der Waals surface area contributed by atoms with E-state index >= 15 is 0 Å². The molecule has 0 saturated carbocycles. The highest BCUT2D eigenvalue weighted by molar-refractivity contribution is 7.85. The molecule has 0 aliphatic heterocycles. The van der Waals surface area contributed by atoms with Crippen molar-refractivity contribution in [2.45, 2.75) is 25.0 Å². The molecule has 6 nitrogen and oxygen atoms in total. The number of hydrogen-bond acceptors (Lipinski definition) is 5. The van der Waals surface area contributed by atoms with Gasteiger partial charge in [-0.25, -0.2) is 4.79 Å². The zero-order valence-corrected chi connectivity index (χ0v) is 12.6. The minimum Gasteiger partial charge on any atom is -0.433 e. The highest BCUT2D eigenvalue weighted by atomic mass is 32.2. The molecule has 0 aliphatic rings. The number of rotatable bonds is 4. The van der Waals surface area contributed by atoms with Crippen molar-refractivity contribution in [1.82, 2.24) is 0 Å². The summed E-state index contributed by atoms with van der Waals surface area (Å²) in [6.45, 7) is 9.63. The largest absolute Gasteiger partial charge is 0.433 e. The number of benzene rings is 1. The van der Waals surface area contributed by atoms with Gasteiger partial charge < -0.3 is 9.84 Å². The predicted octanol–water partition coefficient (Wildman–Crippen LogP) is 2.02. The van der Waals surface area contributed by atoms with Gasteiger partial charge in [0, 0.05) is 5.57 Å². The molecule has 21 heavy (non-hydrogen) atoms. The zero-order chi connectivity index (χ0) is 16.6. The minimum absolute atomic E-state index is 0.111. The lowest BCUT2D eigenvalue weighted by Gasteiger charge is -2.04. The molecular formula is C14H18O6S. The second-order valence-electron chi connectivity index (χ2n) is 4.00. The van der Waals surface area contributed by atoms with Crippen LogP contribution in [-0.2, 0) is 19.6 Å². The molecule has 1 rings (SSSR count). The van der Waals surface area contributed by atoms with Crippen molar-refractivity contribution in [2.24, 2.45) is 0 Å². The molecule has 0 amide bonds. The summed E-state index contributed by atoms with van der Waals surface area (Å²) < 4.78 is 34.5. The lowest BCUT2D eigenvalue weighted by atomic mass is 10.2. The monoisotopic (exact) mass is 314 g/mol. The van der Waals surface area contributed by atoms with Crippen molar-refractivity contribution < 1.29 is 27.6 Å². The molecule has 0 aliphatic carbocycles. The number of aliphatic hydroxyl groups is 1. The molecule has 116 valence electrons. The number of ether oxygens (including phenoxy) is 1. The van der Waals surface area contributed by atoms with Gasteiger partial charge in [-0.15, -0.1) is 0 Å². The second kappa shape index (κ2) is 8.35. The molecule has 0 fully saturated rings. The van der Waals surface area contributed by atoms with E-state index in [2.05, 4.69) is 17.9 Å². The Kier molecular flexibility index (Phi) is 7.57. The van der Waals surface area contributed by atoms with Gasteiger partial charge in [-0.2, -0.15) is 8.42 Å². The van der Waals surface area contributed by atoms with Crippen LogP contribution in [0, 0.1) is 0 Å². The highest BCUT2D eigenvalue weighted by Crippen LogP contribution is 2.15. The molecule has 0 aromatic heterocycles. The quantitative estimate of drug-likeness (QED) is 0.381. The third-order valence-electron chi connectivity index (χ3n) is 2.04. The average molecular weight is 314 g/mol. The Labute approximate surface area is 124 Å². The van der Waals surface area contributed by atoms with Crippen LogP contribution < -0.4 is 0 Å². The van der Waals surface area contributed by atoms with Crippen molar-refractivity contribution in [3.63, 3.8) is 0 Å². The van der Waals surface area contributed by atoms with Crippen LogP contribution in [0.2, 0.25) is 0 Å². The summed E-state index contributed by atoms with van der Waals surface area (Å²) in [7, 11) is -4.12. The van der Waals surface area contributed by atoms with Gasteiger partial charge in [0.2, 0.25) is 0 Å². The molecule has 0 heterocycles. The molecule has 0 spiro atoms. The molecule has 1 atom stereocenters. The van der Waals surface area contributed by atoms with Crippen LogP contribution >= 0.6 is 0 Å². The van der Waals surface area contributed by atoms with Crippen molar-refractivity contribution in [2.75, 3.05) is 0 Å². The topological polar surface area (TPSA) is 101 Å². The van der Waals surface area contributed by atoms with E-state index in [1.54, 1.807) is 12.1 Å². The van der Waals surface area contributed by atoms with E-state index in [1.807, 2.05) is 0 Å². The molecule has 1 aromatic rings. The average Bonchev–Trinajstić information content (AvgIpc) is 2.37. The van der Waals surface area contributed by atoms with Crippen LogP contribution in [0.5, 0.6) is 0 Å². The minimum atomic E-state index is -4.12. The van der Waals surface area contributed by atoms with E-state index < -0.39 is 22.4 Å². The van der Waals surface area contributed by atoms with Crippen LogP contribution in [0.3, 0.4) is 0 Å². The Morgan fingerprint density at radius 3 is 2.19 bits per heavy atom. The third-order valence-corrected chi connectivity index (χ3v) is 2.97. The Bertz CT molecular complexity index is 616. The van der Waals surface area contributed by atoms with Gasteiger partial charge in [-0.3, -0.25) is 4.55 Å². The second-order valence-corrected chi connectivity index (χ2v) is 5.39. The van der Waals surface area contributed by atoms with Gasteiger partial charge in [0.05, 0.1) is 0 Å². The van der Waals surface area contributed by atoms with E-state index in [4.69, 9.17) is 9.66 Å². The fourth-order valence-electron chi connectivity index (χ4n) is 1.14. The van der Waals surface area contributed by atoms with Crippen molar-refractivity contribution in [3.8, 4) is 0 Å². The van der Waals surface area contributed by atoms with Crippen molar-refractivity contribution in [1.29, 1.82) is 0 Å². The van der Waals surface area contributed by atoms with E-state index in [9.17, 15) is 13.2 Å². The first kappa shape index (κ1) is 19.0. The Balaban J connectivity index is 0.000000400. The molecule has 2 N–H and O–H groups in total. The van der Waals surface area contributed by atoms with Crippen LogP contribution in [0.1, 0.15) is 19.4 Å². The van der Waals surface area contributed by atoms with Crippen LogP contribution in [0.25, 0.3) is 6.08 Å². The van der Waals surface area contributed by atoms with Gasteiger partial charge in [0.25, 0.3) is 10.1 Å². The van der Waals surface area contributed by atoms with E-state index in [0.29, 0.717) is 5.56 Å². The summed E-state index contributed by atoms with van der Waals surface area (Å²) in [6, 6.07) is 6.10. The molecule has 0 saturated heterocycles. The summed E-state index contributed by atoms with van der Waals surface area (Å²) >= 11 is 0. The number of aliphatic hydroxyl groups excluding tert-OH is 1. The van der Waals surface area contributed by atoms with Gasteiger partial charge in [-0.05, 0) is 25.5 Å². The molecule has 1 unspecified atom stereocenters. The summed E-state index contributed by atoms with van der Waals surface area (Å²) in [5, 5.41) is 8.49. The fourth-order valence-corrected chi connectivity index (χ4v) is 1.84. The SMILES string of the molecule is C=C(C)C(=O)OC(C)O.C=Cc1ccccc1S(=O)(=O)O. The van der Waals surface area contributed by atoms with Crippen LogP contribution in [0.15, 0.2) is 47.9 Å². The molecule has 7 heteroatoms. The highest BCUT2D eigenvalue weighted by Gasteiger charge is 2.11. The van der Waals surface area contributed by atoms with E-state index in [1.165, 1.54) is 32.1 Å². The molecular weight excluding hydrogens is 296 g/mol. The van der Waals surface area contributed by atoms with Crippen molar-refractivity contribution >= 4 is 22.2 Å². The van der Waals surface area contributed by atoms with Gasteiger partial charge in [-0.1, -0.05) is 37.4 Å². The maximum Gasteiger partial charge on any atom is 0.335 e. The number of esters is 1. The Morgan fingerprint density at radius 2 is 1.90 bits per heavy atom. The van der Waals surface area contributed by atoms with Gasteiger partial charge in [0.1, 0.15) is 4.90 Å².